The summed E-state index contributed by atoms with van der Waals surface area (Å²) in [4.78, 5) is 6.41. The fourth-order valence-corrected chi connectivity index (χ4v) is 3.87. The molecule has 1 heterocycles. The summed E-state index contributed by atoms with van der Waals surface area (Å²) >= 11 is 0. The van der Waals surface area contributed by atoms with Crippen LogP contribution in [0.25, 0.3) is 11.1 Å². The fraction of sp³-hybridized carbons (Fsp3) is 0.435. The third-order valence-electron chi connectivity index (χ3n) is 5.70. The number of aryl methyl sites for hydroxylation is 1. The summed E-state index contributed by atoms with van der Waals surface area (Å²) in [7, 11) is 3.66. The Labute approximate surface area is 180 Å². The van der Waals surface area contributed by atoms with Crippen molar-refractivity contribution in [2.45, 2.75) is 44.7 Å². The van der Waals surface area contributed by atoms with Crippen molar-refractivity contribution < 1.29 is 22.6 Å². The molecule has 0 fully saturated rings. The van der Waals surface area contributed by atoms with Gasteiger partial charge in [-0.3, -0.25) is 4.99 Å². The van der Waals surface area contributed by atoms with Crippen LogP contribution < -0.4 is 10.5 Å². The van der Waals surface area contributed by atoms with Gasteiger partial charge in [0.05, 0.1) is 6.10 Å². The minimum Gasteiger partial charge on any atom is -0.406 e. The lowest BCUT2D eigenvalue weighted by atomic mass is 9.93. The molecule has 8 heteroatoms. The van der Waals surface area contributed by atoms with E-state index in [1.807, 2.05) is 37.1 Å². The zero-order valence-electron chi connectivity index (χ0n) is 17.9. The van der Waals surface area contributed by atoms with E-state index in [1.165, 1.54) is 12.1 Å². The third kappa shape index (κ3) is 6.13. The Balaban J connectivity index is 1.81. The monoisotopic (exact) mass is 435 g/mol. The minimum atomic E-state index is -4.72. The van der Waals surface area contributed by atoms with Crippen molar-refractivity contribution in [1.82, 2.24) is 4.90 Å². The summed E-state index contributed by atoms with van der Waals surface area (Å²) in [5.74, 6) is 0.290. The molecule has 3 rings (SSSR count). The zero-order valence-corrected chi connectivity index (χ0v) is 17.9. The van der Waals surface area contributed by atoms with E-state index in [-0.39, 0.29) is 17.9 Å². The second-order valence-corrected chi connectivity index (χ2v) is 7.81. The lowest BCUT2D eigenvalue weighted by molar-refractivity contribution is -0.274. The molecule has 168 valence electrons. The van der Waals surface area contributed by atoms with Crippen molar-refractivity contribution in [2.75, 3.05) is 20.7 Å². The van der Waals surface area contributed by atoms with Crippen molar-refractivity contribution in [2.24, 2.45) is 10.7 Å². The highest BCUT2D eigenvalue weighted by Crippen LogP contribution is 2.30. The van der Waals surface area contributed by atoms with Gasteiger partial charge >= 0.3 is 6.36 Å². The molecule has 31 heavy (non-hydrogen) atoms. The van der Waals surface area contributed by atoms with Crippen LogP contribution in [-0.2, 0) is 11.2 Å². The number of likely N-dealkylation sites (N-methyl/N-ethyl adjacent to an activating group) is 1. The van der Waals surface area contributed by atoms with Gasteiger partial charge in [0.1, 0.15) is 5.75 Å². The Morgan fingerprint density at radius 2 is 1.90 bits per heavy atom. The van der Waals surface area contributed by atoms with Crippen LogP contribution in [0.3, 0.4) is 0 Å². The largest absolute Gasteiger partial charge is 0.573 e. The van der Waals surface area contributed by atoms with E-state index in [1.54, 1.807) is 19.2 Å². The van der Waals surface area contributed by atoms with Gasteiger partial charge in [0.2, 0.25) is 0 Å². The minimum absolute atomic E-state index is 0.111. The number of rotatable bonds is 5. The Morgan fingerprint density at radius 1 is 1.16 bits per heavy atom. The molecule has 2 N–H and O–H groups in total. The molecule has 2 atom stereocenters. The van der Waals surface area contributed by atoms with Crippen LogP contribution in [0.4, 0.5) is 13.2 Å². The lowest BCUT2D eigenvalue weighted by Crippen LogP contribution is -2.46. The number of hydrogen-bond acceptors (Lipinski definition) is 5. The number of nitrogens with two attached hydrogens (primary N) is 1. The number of guanidine groups is 1. The van der Waals surface area contributed by atoms with E-state index < -0.39 is 6.36 Å². The normalized spacial score (nSPS) is 21.7. The first-order chi connectivity index (χ1) is 14.7. The molecular weight excluding hydrogens is 407 g/mol. The van der Waals surface area contributed by atoms with E-state index in [2.05, 4.69) is 9.73 Å². The number of methoxy groups -OCH3 is 1. The van der Waals surface area contributed by atoms with Gasteiger partial charge in [-0.1, -0.05) is 30.3 Å². The molecule has 5 nitrogen and oxygen atoms in total. The molecule has 0 saturated heterocycles. The summed E-state index contributed by atoms with van der Waals surface area (Å²) in [6.07, 6.45) is -2.18. The maximum Gasteiger partial charge on any atom is 0.573 e. The van der Waals surface area contributed by atoms with Crippen LogP contribution in [0, 0.1) is 6.92 Å². The Hall–Kier alpha value is -2.74. The summed E-state index contributed by atoms with van der Waals surface area (Å²) in [5.41, 5.74) is 9.81. The predicted octanol–water partition coefficient (Wildman–Crippen LogP) is 4.53. The summed E-state index contributed by atoms with van der Waals surface area (Å²) in [5, 5.41) is 0. The molecule has 0 radical (unpaired) electrons. The summed E-state index contributed by atoms with van der Waals surface area (Å²) < 4.78 is 47.2. The number of benzene rings is 2. The molecule has 0 bridgehead atoms. The number of alkyl halides is 3. The molecule has 1 aliphatic rings. The van der Waals surface area contributed by atoms with Crippen molar-refractivity contribution >= 4 is 5.96 Å². The van der Waals surface area contributed by atoms with E-state index >= 15 is 0 Å². The molecule has 0 spiro atoms. The lowest BCUT2D eigenvalue weighted by Gasteiger charge is -2.34. The van der Waals surface area contributed by atoms with Crippen molar-refractivity contribution in [3.8, 4) is 16.9 Å². The zero-order chi connectivity index (χ0) is 22.6. The Bertz CT molecular complexity index is 931. The Kier molecular flexibility index (Phi) is 7.10. The van der Waals surface area contributed by atoms with Crippen LogP contribution in [-0.4, -0.2) is 50.1 Å². The topological polar surface area (TPSA) is 60.1 Å². The maximum absolute atomic E-state index is 12.5. The first-order valence-corrected chi connectivity index (χ1v) is 10.2. The first-order valence-electron chi connectivity index (χ1n) is 10.2. The highest BCUT2D eigenvalue weighted by molar-refractivity contribution is 5.78. The number of ether oxygens (including phenoxy) is 2. The molecule has 0 saturated carbocycles. The molecule has 1 aliphatic heterocycles. The maximum atomic E-state index is 12.5. The van der Waals surface area contributed by atoms with Gasteiger partial charge in [0.25, 0.3) is 0 Å². The summed E-state index contributed by atoms with van der Waals surface area (Å²) in [6, 6.07) is 12.0. The number of hydrogen-bond donors (Lipinski definition) is 1. The number of aliphatic imine (C=N–C) groups is 1. The van der Waals surface area contributed by atoms with Gasteiger partial charge < -0.3 is 20.1 Å². The average molecular weight is 435 g/mol. The SMILES string of the molecule is COC1CC/N=C(/N)N(C)C(Cc2ccc(-c3cccc(OC(F)(F)F)c3)cc2C)C1. The molecule has 0 amide bonds. The quantitative estimate of drug-likeness (QED) is 0.750. The predicted molar refractivity (Wildman–Crippen MR) is 115 cm³/mol. The highest BCUT2D eigenvalue weighted by Gasteiger charge is 2.31. The fourth-order valence-electron chi connectivity index (χ4n) is 3.87. The van der Waals surface area contributed by atoms with Crippen LogP contribution in [0.15, 0.2) is 47.5 Å². The van der Waals surface area contributed by atoms with Gasteiger partial charge in [-0.15, -0.1) is 13.2 Å². The van der Waals surface area contributed by atoms with Crippen molar-refractivity contribution in [3.05, 3.63) is 53.6 Å². The summed E-state index contributed by atoms with van der Waals surface area (Å²) in [6.45, 7) is 2.65. The highest BCUT2D eigenvalue weighted by atomic mass is 19.4. The number of halogens is 3. The standard InChI is InChI=1S/C23H28F3N3O2/c1-15-11-18(17-5-4-6-21(13-17)31-23(24,25)26)8-7-16(15)12-19-14-20(30-3)9-10-28-22(27)29(19)2/h4-8,11,13,19-20H,9-10,12,14H2,1-3H3,(H2,27,28). The first kappa shape index (κ1) is 22.9. The molecule has 0 aliphatic carbocycles. The molecule has 0 aromatic heterocycles. The van der Waals surface area contributed by atoms with E-state index in [9.17, 15) is 13.2 Å². The molecular formula is C23H28F3N3O2. The van der Waals surface area contributed by atoms with Crippen LogP contribution in [0.2, 0.25) is 0 Å². The second-order valence-electron chi connectivity index (χ2n) is 7.81. The molecule has 2 aromatic rings. The van der Waals surface area contributed by atoms with Crippen LogP contribution in [0.1, 0.15) is 24.0 Å². The Morgan fingerprint density at radius 3 is 2.58 bits per heavy atom. The van der Waals surface area contributed by atoms with Gasteiger partial charge in [-0.25, -0.2) is 0 Å². The third-order valence-corrected chi connectivity index (χ3v) is 5.70. The van der Waals surface area contributed by atoms with Gasteiger partial charge in [-0.05, 0) is 60.6 Å². The van der Waals surface area contributed by atoms with Crippen LogP contribution >= 0.6 is 0 Å². The molecule has 2 aromatic carbocycles. The van der Waals surface area contributed by atoms with Crippen molar-refractivity contribution in [1.29, 1.82) is 0 Å². The second kappa shape index (κ2) is 9.60. The van der Waals surface area contributed by atoms with Crippen molar-refractivity contribution in [3.63, 3.8) is 0 Å². The van der Waals surface area contributed by atoms with E-state index in [0.717, 1.165) is 36.0 Å². The molecule has 2 unspecified atom stereocenters. The van der Waals surface area contributed by atoms with Crippen LogP contribution in [0.5, 0.6) is 5.75 Å². The van der Waals surface area contributed by atoms with E-state index in [4.69, 9.17) is 10.5 Å². The average Bonchev–Trinajstić information content (AvgIpc) is 2.70. The van der Waals surface area contributed by atoms with Gasteiger partial charge in [0.15, 0.2) is 5.96 Å². The van der Waals surface area contributed by atoms with Gasteiger partial charge in [-0.2, -0.15) is 0 Å². The van der Waals surface area contributed by atoms with Gasteiger partial charge in [0, 0.05) is 26.7 Å². The smallest absolute Gasteiger partial charge is 0.406 e. The number of nitrogens with zero attached hydrogens (tertiary/aromatic N) is 2. The van der Waals surface area contributed by atoms with E-state index in [0.29, 0.717) is 18.1 Å².